The van der Waals surface area contributed by atoms with Gasteiger partial charge in [-0.1, -0.05) is 35.2 Å². The second kappa shape index (κ2) is 5.87. The Morgan fingerprint density at radius 1 is 1.20 bits per heavy atom. The zero-order valence-electron chi connectivity index (χ0n) is 10.3. The number of anilines is 2. The van der Waals surface area contributed by atoms with Gasteiger partial charge in [0, 0.05) is 16.8 Å². The first-order valence-electron chi connectivity index (χ1n) is 5.64. The van der Waals surface area contributed by atoms with Crippen molar-refractivity contribution < 1.29 is 4.79 Å². The van der Waals surface area contributed by atoms with Gasteiger partial charge < -0.3 is 11.1 Å². The molecule has 2 aromatic rings. The van der Waals surface area contributed by atoms with E-state index in [2.05, 4.69) is 11.2 Å². The van der Waals surface area contributed by atoms with Crippen molar-refractivity contribution in [2.45, 2.75) is 0 Å². The number of hydrogen-bond donors (Lipinski definition) is 2. The van der Waals surface area contributed by atoms with E-state index in [1.807, 2.05) is 0 Å². The van der Waals surface area contributed by atoms with Gasteiger partial charge in [0.1, 0.15) is 0 Å². The van der Waals surface area contributed by atoms with Crippen LogP contribution in [0.4, 0.5) is 11.4 Å². The normalized spacial score (nSPS) is 9.85. The van der Waals surface area contributed by atoms with Crippen LogP contribution < -0.4 is 11.1 Å². The molecule has 5 heteroatoms. The Morgan fingerprint density at radius 2 is 1.85 bits per heavy atom. The van der Waals surface area contributed by atoms with Crippen LogP contribution in [-0.4, -0.2) is 5.91 Å². The van der Waals surface area contributed by atoms with Crippen molar-refractivity contribution in [2.24, 2.45) is 0 Å². The third-order valence-corrected chi connectivity index (χ3v) is 3.25. The Hall–Kier alpha value is -2.15. The molecule has 2 rings (SSSR count). The van der Waals surface area contributed by atoms with Gasteiger partial charge in [0.2, 0.25) is 0 Å². The predicted molar refractivity (Wildman–Crippen MR) is 83.2 cm³/mol. The van der Waals surface area contributed by atoms with Crippen LogP contribution in [-0.2, 0) is 0 Å². The Bertz CT molecular complexity index is 697. The molecule has 3 nitrogen and oxygen atoms in total. The molecule has 0 spiro atoms. The first kappa shape index (κ1) is 14.3. The fourth-order valence-corrected chi connectivity index (χ4v) is 2.09. The number of benzene rings is 2. The van der Waals surface area contributed by atoms with E-state index in [1.165, 1.54) is 12.1 Å². The SMILES string of the molecule is C#Cc1cccc(NC(=O)c2cc(Cl)c(N)c(Cl)c2)c1. The van der Waals surface area contributed by atoms with E-state index in [0.29, 0.717) is 16.8 Å². The summed E-state index contributed by atoms with van der Waals surface area (Å²) in [5.41, 5.74) is 7.46. The second-order valence-electron chi connectivity index (χ2n) is 4.03. The lowest BCUT2D eigenvalue weighted by Crippen LogP contribution is -2.12. The molecule has 0 radical (unpaired) electrons. The number of halogens is 2. The molecule has 0 saturated carbocycles. The molecule has 3 N–H and O–H groups in total. The molecule has 0 fully saturated rings. The van der Waals surface area contributed by atoms with Gasteiger partial charge in [-0.25, -0.2) is 0 Å². The molecule has 0 aromatic heterocycles. The summed E-state index contributed by atoms with van der Waals surface area (Å²) in [6.07, 6.45) is 5.31. The Morgan fingerprint density at radius 3 is 2.45 bits per heavy atom. The maximum absolute atomic E-state index is 12.1. The van der Waals surface area contributed by atoms with Gasteiger partial charge in [0.25, 0.3) is 5.91 Å². The summed E-state index contributed by atoms with van der Waals surface area (Å²) in [7, 11) is 0. The van der Waals surface area contributed by atoms with Crippen LogP contribution in [0.15, 0.2) is 36.4 Å². The molecule has 1 amide bonds. The number of carbonyl (C=O) groups excluding carboxylic acids is 1. The third-order valence-electron chi connectivity index (χ3n) is 2.63. The molecule has 0 bridgehead atoms. The molecular formula is C15H10Cl2N2O. The number of terminal acetylenes is 1. The second-order valence-corrected chi connectivity index (χ2v) is 4.85. The van der Waals surface area contributed by atoms with Gasteiger partial charge in [-0.2, -0.15) is 0 Å². The smallest absolute Gasteiger partial charge is 0.255 e. The summed E-state index contributed by atoms with van der Waals surface area (Å²) in [6.45, 7) is 0. The summed E-state index contributed by atoms with van der Waals surface area (Å²) in [4.78, 5) is 12.1. The molecule has 2 aromatic carbocycles. The van der Waals surface area contributed by atoms with Gasteiger partial charge in [-0.05, 0) is 30.3 Å². The lowest BCUT2D eigenvalue weighted by atomic mass is 10.1. The van der Waals surface area contributed by atoms with Gasteiger partial charge in [0.05, 0.1) is 15.7 Å². The number of nitrogen functional groups attached to an aromatic ring is 1. The zero-order chi connectivity index (χ0) is 14.7. The van der Waals surface area contributed by atoms with E-state index in [0.717, 1.165) is 0 Å². The van der Waals surface area contributed by atoms with Crippen molar-refractivity contribution in [3.8, 4) is 12.3 Å². The highest BCUT2D eigenvalue weighted by Gasteiger charge is 2.11. The summed E-state index contributed by atoms with van der Waals surface area (Å²) in [5.74, 6) is 2.15. The predicted octanol–water partition coefficient (Wildman–Crippen LogP) is 3.81. The van der Waals surface area contributed by atoms with Crippen LogP contribution in [0.5, 0.6) is 0 Å². The Labute approximate surface area is 126 Å². The lowest BCUT2D eigenvalue weighted by molar-refractivity contribution is 0.102. The number of amides is 1. The van der Waals surface area contributed by atoms with Gasteiger partial charge in [-0.15, -0.1) is 6.42 Å². The van der Waals surface area contributed by atoms with Gasteiger partial charge >= 0.3 is 0 Å². The van der Waals surface area contributed by atoms with Crippen LogP contribution in [0.1, 0.15) is 15.9 Å². The molecule has 0 unspecified atom stereocenters. The minimum atomic E-state index is -0.344. The molecule has 0 aliphatic heterocycles. The Kier molecular flexibility index (Phi) is 4.19. The monoisotopic (exact) mass is 304 g/mol. The van der Waals surface area contributed by atoms with E-state index in [4.69, 9.17) is 35.4 Å². The van der Waals surface area contributed by atoms with Crippen molar-refractivity contribution in [1.82, 2.24) is 0 Å². The molecule has 0 saturated heterocycles. The Balaban J connectivity index is 2.26. The summed E-state index contributed by atoms with van der Waals surface area (Å²) >= 11 is 11.8. The highest BCUT2D eigenvalue weighted by molar-refractivity contribution is 6.39. The fraction of sp³-hybridized carbons (Fsp3) is 0. The van der Waals surface area contributed by atoms with Crippen LogP contribution in [0, 0.1) is 12.3 Å². The number of nitrogens with two attached hydrogens (primary N) is 1. The lowest BCUT2D eigenvalue weighted by Gasteiger charge is -2.08. The van der Waals surface area contributed by atoms with Crippen molar-refractivity contribution in [3.05, 3.63) is 57.6 Å². The van der Waals surface area contributed by atoms with Crippen molar-refractivity contribution in [3.63, 3.8) is 0 Å². The van der Waals surface area contributed by atoms with Crippen LogP contribution >= 0.6 is 23.2 Å². The molecule has 20 heavy (non-hydrogen) atoms. The van der Waals surface area contributed by atoms with Crippen LogP contribution in [0.3, 0.4) is 0 Å². The molecule has 0 atom stereocenters. The summed E-state index contributed by atoms with van der Waals surface area (Å²) in [5, 5.41) is 3.19. The number of nitrogens with one attached hydrogen (secondary N) is 1. The minimum Gasteiger partial charge on any atom is -0.396 e. The highest BCUT2D eigenvalue weighted by Crippen LogP contribution is 2.29. The average molecular weight is 305 g/mol. The number of rotatable bonds is 2. The van der Waals surface area contributed by atoms with E-state index < -0.39 is 0 Å². The topological polar surface area (TPSA) is 55.1 Å². The van der Waals surface area contributed by atoms with Crippen LogP contribution in [0.2, 0.25) is 10.0 Å². The van der Waals surface area contributed by atoms with E-state index in [1.54, 1.807) is 24.3 Å². The quantitative estimate of drug-likeness (QED) is 0.655. The molecule has 0 aliphatic carbocycles. The molecule has 0 heterocycles. The molecule has 0 aliphatic rings. The van der Waals surface area contributed by atoms with E-state index in [9.17, 15) is 4.79 Å². The van der Waals surface area contributed by atoms with Crippen LogP contribution in [0.25, 0.3) is 0 Å². The molecule has 100 valence electrons. The minimum absolute atomic E-state index is 0.236. The maximum Gasteiger partial charge on any atom is 0.255 e. The number of hydrogen-bond acceptors (Lipinski definition) is 2. The maximum atomic E-state index is 12.1. The summed E-state index contributed by atoms with van der Waals surface area (Å²) in [6, 6.07) is 9.88. The largest absolute Gasteiger partial charge is 0.396 e. The summed E-state index contributed by atoms with van der Waals surface area (Å²) < 4.78 is 0. The zero-order valence-corrected chi connectivity index (χ0v) is 11.8. The highest BCUT2D eigenvalue weighted by atomic mass is 35.5. The number of carbonyl (C=O) groups is 1. The van der Waals surface area contributed by atoms with E-state index in [-0.39, 0.29) is 21.6 Å². The van der Waals surface area contributed by atoms with Gasteiger partial charge in [0.15, 0.2) is 0 Å². The third kappa shape index (κ3) is 3.05. The fourth-order valence-electron chi connectivity index (χ4n) is 1.61. The van der Waals surface area contributed by atoms with Gasteiger partial charge in [-0.3, -0.25) is 4.79 Å². The standard InChI is InChI=1S/C15H10Cl2N2O/c1-2-9-4-3-5-11(6-9)19-15(20)10-7-12(16)14(18)13(17)8-10/h1,3-8H,18H2,(H,19,20). The van der Waals surface area contributed by atoms with E-state index >= 15 is 0 Å². The molecular weight excluding hydrogens is 295 g/mol. The first-order valence-corrected chi connectivity index (χ1v) is 6.39. The van der Waals surface area contributed by atoms with Crippen molar-refractivity contribution in [2.75, 3.05) is 11.1 Å². The van der Waals surface area contributed by atoms with Crippen molar-refractivity contribution >= 4 is 40.5 Å². The van der Waals surface area contributed by atoms with Crippen molar-refractivity contribution in [1.29, 1.82) is 0 Å². The first-order chi connectivity index (χ1) is 9.51. The average Bonchev–Trinajstić information content (AvgIpc) is 2.44.